The Hall–Kier alpha value is -0.750. The normalized spacial score (nSPS) is 10.7. The molecule has 0 aromatic carbocycles. The quantitative estimate of drug-likeness (QED) is 0.913. The standard InChI is InChI=1S/C8H9BrF2N2O/c1-14-8-4(7(10)11)2-5(9)6(3-12)13-8/h2,7H,3,12H2,1H3. The van der Waals surface area contributed by atoms with E-state index in [9.17, 15) is 8.78 Å². The van der Waals surface area contributed by atoms with E-state index in [1.165, 1.54) is 13.2 Å². The van der Waals surface area contributed by atoms with Gasteiger partial charge in [0.05, 0.1) is 18.4 Å². The topological polar surface area (TPSA) is 48.1 Å². The van der Waals surface area contributed by atoms with Crippen molar-refractivity contribution in [2.75, 3.05) is 7.11 Å². The molecule has 6 heteroatoms. The fourth-order valence-corrected chi connectivity index (χ4v) is 1.48. The Morgan fingerprint density at radius 3 is 2.71 bits per heavy atom. The molecule has 0 aliphatic carbocycles. The van der Waals surface area contributed by atoms with Gasteiger partial charge < -0.3 is 10.5 Å². The van der Waals surface area contributed by atoms with Crippen molar-refractivity contribution in [3.63, 3.8) is 0 Å². The average molecular weight is 267 g/mol. The van der Waals surface area contributed by atoms with E-state index in [1.54, 1.807) is 0 Å². The molecule has 0 fully saturated rings. The van der Waals surface area contributed by atoms with E-state index in [-0.39, 0.29) is 18.0 Å². The maximum absolute atomic E-state index is 12.5. The highest BCUT2D eigenvalue weighted by atomic mass is 79.9. The van der Waals surface area contributed by atoms with Gasteiger partial charge in [0.15, 0.2) is 0 Å². The lowest BCUT2D eigenvalue weighted by Gasteiger charge is -2.09. The van der Waals surface area contributed by atoms with E-state index in [0.29, 0.717) is 10.2 Å². The highest BCUT2D eigenvalue weighted by Gasteiger charge is 2.17. The van der Waals surface area contributed by atoms with E-state index in [1.807, 2.05) is 0 Å². The number of hydrogen-bond donors (Lipinski definition) is 1. The first-order valence-corrected chi connectivity index (χ1v) is 4.61. The lowest BCUT2D eigenvalue weighted by molar-refractivity contribution is 0.146. The Labute approximate surface area is 88.4 Å². The first-order chi connectivity index (χ1) is 6.60. The Kier molecular flexibility index (Phi) is 3.77. The molecule has 1 aromatic heterocycles. The Balaban J connectivity index is 3.24. The first-order valence-electron chi connectivity index (χ1n) is 3.81. The van der Waals surface area contributed by atoms with Gasteiger partial charge in [0.25, 0.3) is 6.43 Å². The molecule has 0 aliphatic rings. The van der Waals surface area contributed by atoms with Crippen LogP contribution in [0.5, 0.6) is 5.88 Å². The molecule has 1 heterocycles. The van der Waals surface area contributed by atoms with Crippen molar-refractivity contribution in [3.8, 4) is 5.88 Å². The summed E-state index contributed by atoms with van der Waals surface area (Å²) in [5.41, 5.74) is 5.62. The summed E-state index contributed by atoms with van der Waals surface area (Å²) < 4.78 is 30.1. The van der Waals surface area contributed by atoms with Crippen molar-refractivity contribution < 1.29 is 13.5 Å². The lowest BCUT2D eigenvalue weighted by atomic mass is 10.2. The van der Waals surface area contributed by atoms with Crippen LogP contribution in [0.15, 0.2) is 10.5 Å². The summed E-state index contributed by atoms with van der Waals surface area (Å²) in [5.74, 6) is -0.0800. The number of pyridine rings is 1. The van der Waals surface area contributed by atoms with Crippen LogP contribution in [0.2, 0.25) is 0 Å². The van der Waals surface area contributed by atoms with Gasteiger partial charge in [-0.2, -0.15) is 0 Å². The minimum Gasteiger partial charge on any atom is -0.481 e. The van der Waals surface area contributed by atoms with Gasteiger partial charge in [-0.05, 0) is 22.0 Å². The van der Waals surface area contributed by atoms with Crippen molar-refractivity contribution in [1.29, 1.82) is 0 Å². The van der Waals surface area contributed by atoms with Crippen LogP contribution in [0.25, 0.3) is 0 Å². The third-order valence-corrected chi connectivity index (χ3v) is 2.35. The van der Waals surface area contributed by atoms with Crippen LogP contribution in [-0.4, -0.2) is 12.1 Å². The van der Waals surface area contributed by atoms with E-state index in [2.05, 4.69) is 20.9 Å². The summed E-state index contributed by atoms with van der Waals surface area (Å²) in [6, 6.07) is 1.28. The summed E-state index contributed by atoms with van der Waals surface area (Å²) in [4.78, 5) is 3.86. The number of nitrogens with two attached hydrogens (primary N) is 1. The number of methoxy groups -OCH3 is 1. The van der Waals surface area contributed by atoms with E-state index < -0.39 is 6.43 Å². The zero-order chi connectivity index (χ0) is 10.7. The van der Waals surface area contributed by atoms with Crippen LogP contribution >= 0.6 is 15.9 Å². The molecule has 0 saturated heterocycles. The summed E-state index contributed by atoms with van der Waals surface area (Å²) in [6.45, 7) is 0.167. The minimum atomic E-state index is -2.61. The molecule has 78 valence electrons. The number of alkyl halides is 2. The Morgan fingerprint density at radius 1 is 1.64 bits per heavy atom. The van der Waals surface area contributed by atoms with Gasteiger partial charge in [0.1, 0.15) is 0 Å². The minimum absolute atomic E-state index is 0.0800. The van der Waals surface area contributed by atoms with Gasteiger partial charge in [-0.25, -0.2) is 13.8 Å². The molecule has 0 bridgehead atoms. The highest BCUT2D eigenvalue weighted by molar-refractivity contribution is 9.10. The number of halogens is 3. The molecular weight excluding hydrogens is 258 g/mol. The monoisotopic (exact) mass is 266 g/mol. The van der Waals surface area contributed by atoms with Gasteiger partial charge in [-0.15, -0.1) is 0 Å². The van der Waals surface area contributed by atoms with Gasteiger partial charge in [-0.1, -0.05) is 0 Å². The van der Waals surface area contributed by atoms with Crippen LogP contribution in [0.3, 0.4) is 0 Å². The highest BCUT2D eigenvalue weighted by Crippen LogP contribution is 2.31. The van der Waals surface area contributed by atoms with Crippen molar-refractivity contribution in [2.24, 2.45) is 5.73 Å². The van der Waals surface area contributed by atoms with E-state index in [0.717, 1.165) is 0 Å². The summed E-state index contributed by atoms with van der Waals surface area (Å²) >= 11 is 3.11. The molecule has 14 heavy (non-hydrogen) atoms. The molecule has 2 N–H and O–H groups in total. The Bertz CT molecular complexity index is 333. The number of nitrogens with zero attached hydrogens (tertiary/aromatic N) is 1. The smallest absolute Gasteiger partial charge is 0.269 e. The second kappa shape index (κ2) is 4.65. The largest absolute Gasteiger partial charge is 0.481 e. The van der Waals surface area contributed by atoms with Gasteiger partial charge >= 0.3 is 0 Å². The molecule has 0 aliphatic heterocycles. The van der Waals surface area contributed by atoms with Crippen LogP contribution in [0.4, 0.5) is 8.78 Å². The van der Waals surface area contributed by atoms with Gasteiger partial charge in [-0.3, -0.25) is 0 Å². The van der Waals surface area contributed by atoms with Crippen molar-refractivity contribution in [2.45, 2.75) is 13.0 Å². The molecule has 1 rings (SSSR count). The number of hydrogen-bond acceptors (Lipinski definition) is 3. The van der Waals surface area contributed by atoms with Crippen molar-refractivity contribution >= 4 is 15.9 Å². The second-order valence-electron chi connectivity index (χ2n) is 2.52. The van der Waals surface area contributed by atoms with Crippen LogP contribution in [-0.2, 0) is 6.54 Å². The third kappa shape index (κ3) is 2.19. The van der Waals surface area contributed by atoms with Crippen LogP contribution in [0.1, 0.15) is 17.7 Å². The van der Waals surface area contributed by atoms with Crippen LogP contribution in [0, 0.1) is 0 Å². The number of aromatic nitrogens is 1. The summed E-state index contributed by atoms with van der Waals surface area (Å²) in [7, 11) is 1.29. The summed E-state index contributed by atoms with van der Waals surface area (Å²) in [6.07, 6.45) is -2.61. The number of ether oxygens (including phenoxy) is 1. The summed E-state index contributed by atoms with van der Waals surface area (Å²) in [5, 5.41) is 0. The van der Waals surface area contributed by atoms with Crippen molar-refractivity contribution in [3.05, 3.63) is 21.8 Å². The molecular formula is C8H9BrF2N2O. The first kappa shape index (κ1) is 11.3. The fraction of sp³-hybridized carbons (Fsp3) is 0.375. The number of rotatable bonds is 3. The van der Waals surface area contributed by atoms with Crippen LogP contribution < -0.4 is 10.5 Å². The molecule has 3 nitrogen and oxygen atoms in total. The van der Waals surface area contributed by atoms with Gasteiger partial charge in [0.2, 0.25) is 5.88 Å². The molecule has 0 spiro atoms. The Morgan fingerprint density at radius 2 is 2.29 bits per heavy atom. The molecule has 0 amide bonds. The predicted octanol–water partition coefficient (Wildman–Crippen LogP) is 2.25. The molecule has 0 atom stereocenters. The molecule has 0 unspecified atom stereocenters. The zero-order valence-electron chi connectivity index (χ0n) is 7.43. The lowest BCUT2D eigenvalue weighted by Crippen LogP contribution is -2.05. The second-order valence-corrected chi connectivity index (χ2v) is 3.37. The maximum atomic E-state index is 12.5. The van der Waals surface area contributed by atoms with E-state index in [4.69, 9.17) is 10.5 Å². The third-order valence-electron chi connectivity index (χ3n) is 1.66. The van der Waals surface area contributed by atoms with Crippen molar-refractivity contribution in [1.82, 2.24) is 4.98 Å². The van der Waals surface area contributed by atoms with Gasteiger partial charge in [0, 0.05) is 11.0 Å². The maximum Gasteiger partial charge on any atom is 0.269 e. The average Bonchev–Trinajstić information content (AvgIpc) is 2.17. The fourth-order valence-electron chi connectivity index (χ4n) is 0.985. The SMILES string of the molecule is COc1nc(CN)c(Br)cc1C(F)F. The predicted molar refractivity (Wildman–Crippen MR) is 51.3 cm³/mol. The zero-order valence-corrected chi connectivity index (χ0v) is 9.01. The molecule has 1 aromatic rings. The van der Waals surface area contributed by atoms with E-state index >= 15 is 0 Å². The molecule has 0 radical (unpaired) electrons. The molecule has 0 saturated carbocycles.